The van der Waals surface area contributed by atoms with Gasteiger partial charge in [0.25, 0.3) is 5.69 Å². The molecule has 0 fully saturated rings. The van der Waals surface area contributed by atoms with E-state index in [2.05, 4.69) is 5.10 Å². The maximum atomic E-state index is 10.8. The Morgan fingerprint density at radius 1 is 1.53 bits per heavy atom. The summed E-state index contributed by atoms with van der Waals surface area (Å²) in [6, 6.07) is 6.46. The highest BCUT2D eigenvalue weighted by Crippen LogP contribution is 2.19. The lowest BCUT2D eigenvalue weighted by molar-refractivity contribution is -0.385. The summed E-state index contributed by atoms with van der Waals surface area (Å²) in [6.07, 6.45) is 2.05. The van der Waals surface area contributed by atoms with E-state index >= 15 is 0 Å². The summed E-state index contributed by atoms with van der Waals surface area (Å²) in [5.74, 6) is 0. The van der Waals surface area contributed by atoms with Crippen molar-refractivity contribution in [3.05, 3.63) is 39.9 Å². The molecule has 0 amide bonds. The van der Waals surface area contributed by atoms with Gasteiger partial charge < -0.3 is 5.01 Å². The molecule has 90 valence electrons. The van der Waals surface area contributed by atoms with Crippen LogP contribution in [0, 0.1) is 10.1 Å². The Hall–Kier alpha value is -1.82. The third-order valence-corrected chi connectivity index (χ3v) is 2.38. The number of hydrazone groups is 1. The van der Waals surface area contributed by atoms with Crippen LogP contribution in [-0.2, 0) is 0 Å². The molecule has 0 unspecified atom stereocenters. The highest BCUT2D eigenvalue weighted by atomic mass is 32.1. The van der Waals surface area contributed by atoms with Crippen LogP contribution >= 0.6 is 12.2 Å². The van der Waals surface area contributed by atoms with Crippen LogP contribution in [0.25, 0.3) is 0 Å². The predicted molar refractivity (Wildman–Crippen MR) is 71.6 cm³/mol. The van der Waals surface area contributed by atoms with Crippen LogP contribution in [0.15, 0.2) is 29.4 Å². The number of nitrogens with zero attached hydrogens (tertiary/aromatic N) is 3. The van der Waals surface area contributed by atoms with Crippen LogP contribution in [-0.4, -0.2) is 35.1 Å². The highest BCUT2D eigenvalue weighted by molar-refractivity contribution is 7.80. The average molecular weight is 251 g/mol. The highest BCUT2D eigenvalue weighted by Gasteiger charge is 2.15. The van der Waals surface area contributed by atoms with Crippen molar-refractivity contribution in [2.24, 2.45) is 5.10 Å². The summed E-state index contributed by atoms with van der Waals surface area (Å²) in [6.45, 7) is 0. The van der Waals surface area contributed by atoms with Gasteiger partial charge in [0, 0.05) is 37.7 Å². The Labute approximate surface area is 105 Å². The van der Waals surface area contributed by atoms with E-state index in [9.17, 15) is 10.1 Å². The largest absolute Gasteiger partial charge is 0.303 e. The lowest BCUT2D eigenvalue weighted by Gasteiger charge is -2.04. The van der Waals surface area contributed by atoms with E-state index in [0.29, 0.717) is 16.8 Å². The molecule has 0 aliphatic rings. The van der Waals surface area contributed by atoms with E-state index in [-0.39, 0.29) is 5.69 Å². The number of nitro groups is 1. The smallest absolute Gasteiger partial charge is 0.277 e. The molecule has 0 aliphatic carbocycles. The first-order chi connectivity index (χ1) is 8.02. The summed E-state index contributed by atoms with van der Waals surface area (Å²) in [5, 5.41) is 16.5. The minimum Gasteiger partial charge on any atom is -0.303 e. The average Bonchev–Trinajstić information content (AvgIpc) is 2.28. The third kappa shape index (κ3) is 3.92. The third-order valence-electron chi connectivity index (χ3n) is 1.99. The zero-order chi connectivity index (χ0) is 12.8. The fourth-order valence-corrected chi connectivity index (χ4v) is 1.51. The maximum Gasteiger partial charge on any atom is 0.277 e. The van der Waals surface area contributed by atoms with Gasteiger partial charge in [-0.3, -0.25) is 10.1 Å². The van der Waals surface area contributed by atoms with E-state index < -0.39 is 4.92 Å². The molecule has 5 nitrogen and oxygen atoms in total. The van der Waals surface area contributed by atoms with Gasteiger partial charge in [-0.05, 0) is 6.07 Å². The van der Waals surface area contributed by atoms with Crippen molar-refractivity contribution in [3.63, 3.8) is 0 Å². The Bertz CT molecular complexity index is 458. The molecule has 0 spiro atoms. The summed E-state index contributed by atoms with van der Waals surface area (Å²) in [7, 11) is 3.59. The standard InChI is InChI=1S/C11H13N3O2S/c1-13(2)12-8-7-11(17)9-5-3-4-6-10(9)14(15)16/h3-6,8H,7H2,1-2H3/b12-8+. The van der Waals surface area contributed by atoms with Gasteiger partial charge in [-0.25, -0.2) is 0 Å². The molecule has 17 heavy (non-hydrogen) atoms. The molecule has 0 N–H and O–H groups in total. The fraction of sp³-hybridized carbons (Fsp3) is 0.273. The van der Waals surface area contributed by atoms with Gasteiger partial charge in [-0.2, -0.15) is 5.10 Å². The molecule has 0 radical (unpaired) electrons. The second kappa shape index (κ2) is 6.05. The lowest BCUT2D eigenvalue weighted by Crippen LogP contribution is -2.06. The molecule has 1 rings (SSSR count). The number of benzene rings is 1. The number of nitro benzene ring substituents is 1. The van der Waals surface area contributed by atoms with Crippen molar-refractivity contribution in [3.8, 4) is 0 Å². The molecule has 0 bridgehead atoms. The summed E-state index contributed by atoms with van der Waals surface area (Å²) < 4.78 is 0. The van der Waals surface area contributed by atoms with Gasteiger partial charge in [-0.15, -0.1) is 0 Å². The minimum absolute atomic E-state index is 0.0377. The summed E-state index contributed by atoms with van der Waals surface area (Å²) in [5.41, 5.74) is 0.522. The molecule has 0 saturated heterocycles. The molecule has 6 heteroatoms. The van der Waals surface area contributed by atoms with E-state index in [1.807, 2.05) is 0 Å². The molecule has 0 saturated carbocycles. The Morgan fingerprint density at radius 3 is 2.76 bits per heavy atom. The molecule has 0 heterocycles. The number of hydrogen-bond donors (Lipinski definition) is 0. The van der Waals surface area contributed by atoms with E-state index in [1.54, 1.807) is 43.5 Å². The summed E-state index contributed by atoms with van der Waals surface area (Å²) >= 11 is 5.17. The van der Waals surface area contributed by atoms with Crippen molar-refractivity contribution < 1.29 is 4.92 Å². The molecular weight excluding hydrogens is 238 g/mol. The molecule has 0 aromatic heterocycles. The van der Waals surface area contributed by atoms with E-state index in [4.69, 9.17) is 12.2 Å². The van der Waals surface area contributed by atoms with Gasteiger partial charge in [0.05, 0.1) is 10.5 Å². The first-order valence-corrected chi connectivity index (χ1v) is 5.39. The second-order valence-corrected chi connectivity index (χ2v) is 4.04. The topological polar surface area (TPSA) is 58.7 Å². The van der Waals surface area contributed by atoms with E-state index in [1.165, 1.54) is 6.07 Å². The van der Waals surface area contributed by atoms with Gasteiger partial charge in [0.1, 0.15) is 0 Å². The van der Waals surface area contributed by atoms with Crippen LogP contribution in [0.5, 0.6) is 0 Å². The van der Waals surface area contributed by atoms with E-state index in [0.717, 1.165) is 0 Å². The Balaban J connectivity index is 2.86. The van der Waals surface area contributed by atoms with Crippen molar-refractivity contribution >= 4 is 29.0 Å². The Morgan fingerprint density at radius 2 is 2.18 bits per heavy atom. The first kappa shape index (κ1) is 13.2. The van der Waals surface area contributed by atoms with Crippen LogP contribution < -0.4 is 0 Å². The van der Waals surface area contributed by atoms with Crippen LogP contribution in [0.4, 0.5) is 5.69 Å². The van der Waals surface area contributed by atoms with Crippen molar-refractivity contribution in [1.29, 1.82) is 0 Å². The van der Waals surface area contributed by atoms with Crippen LogP contribution in [0.1, 0.15) is 12.0 Å². The SMILES string of the molecule is CN(C)/N=C/CC(=S)c1ccccc1[N+](=O)[O-]. The van der Waals surface area contributed by atoms with Crippen molar-refractivity contribution in [2.45, 2.75) is 6.42 Å². The van der Waals surface area contributed by atoms with Crippen LogP contribution in [0.2, 0.25) is 0 Å². The summed E-state index contributed by atoms with van der Waals surface area (Å²) in [4.78, 5) is 10.9. The number of rotatable bonds is 5. The molecule has 1 aromatic carbocycles. The minimum atomic E-state index is -0.426. The van der Waals surface area contributed by atoms with Crippen molar-refractivity contribution in [2.75, 3.05) is 14.1 Å². The second-order valence-electron chi connectivity index (χ2n) is 3.55. The Kier molecular flexibility index (Phi) is 4.71. The first-order valence-electron chi connectivity index (χ1n) is 4.98. The maximum absolute atomic E-state index is 10.8. The number of para-hydroxylation sites is 1. The molecule has 0 atom stereocenters. The number of hydrogen-bond acceptors (Lipinski definition) is 5. The quantitative estimate of drug-likeness (QED) is 0.265. The fourth-order valence-electron chi connectivity index (χ4n) is 1.27. The van der Waals surface area contributed by atoms with Crippen LogP contribution in [0.3, 0.4) is 0 Å². The van der Waals surface area contributed by atoms with Gasteiger partial charge >= 0.3 is 0 Å². The number of thiocarbonyl (C=S) groups is 1. The molecule has 1 aromatic rings. The molecule has 0 aliphatic heterocycles. The van der Waals surface area contributed by atoms with Crippen molar-refractivity contribution in [1.82, 2.24) is 5.01 Å². The van der Waals surface area contributed by atoms with Gasteiger partial charge in [-0.1, -0.05) is 24.4 Å². The predicted octanol–water partition coefficient (Wildman–Crippen LogP) is 2.25. The normalized spacial score (nSPS) is 10.5. The lowest BCUT2D eigenvalue weighted by atomic mass is 10.1. The van der Waals surface area contributed by atoms with Gasteiger partial charge in [0.15, 0.2) is 0 Å². The zero-order valence-electron chi connectivity index (χ0n) is 9.66. The zero-order valence-corrected chi connectivity index (χ0v) is 10.5. The van der Waals surface area contributed by atoms with Gasteiger partial charge in [0.2, 0.25) is 0 Å². The monoisotopic (exact) mass is 251 g/mol. The molecular formula is C11H13N3O2S.